The maximum atomic E-state index is 11.8. The lowest BCUT2D eigenvalue weighted by atomic mass is 10.1. The lowest BCUT2D eigenvalue weighted by Gasteiger charge is -2.20. The summed E-state index contributed by atoms with van der Waals surface area (Å²) in [5.41, 5.74) is -3.03. The molecule has 2 rings (SSSR count). The van der Waals surface area contributed by atoms with Gasteiger partial charge in [-0.15, -0.1) is 0 Å². The third kappa shape index (κ3) is 9.90. The maximum absolute atomic E-state index is 11.8. The van der Waals surface area contributed by atoms with Crippen LogP contribution in [0.1, 0.15) is 39.0 Å². The van der Waals surface area contributed by atoms with E-state index in [1.165, 1.54) is 12.1 Å². The molecule has 0 saturated heterocycles. The van der Waals surface area contributed by atoms with Crippen molar-refractivity contribution in [2.24, 2.45) is 0 Å². The zero-order chi connectivity index (χ0) is 35.8. The van der Waals surface area contributed by atoms with Gasteiger partial charge >= 0.3 is 23.9 Å². The summed E-state index contributed by atoms with van der Waals surface area (Å²) in [6, 6.07) is 8.82. The summed E-state index contributed by atoms with van der Waals surface area (Å²) in [4.78, 5) is 48.7. The van der Waals surface area contributed by atoms with Crippen molar-refractivity contribution < 1.29 is 56.1 Å². The molecule has 4 N–H and O–H groups in total. The number of aliphatic carboxylic acids is 4. The van der Waals surface area contributed by atoms with Crippen LogP contribution in [0.5, 0.6) is 0 Å². The lowest BCUT2D eigenvalue weighted by molar-refractivity contribution is -0.144. The number of hydrogen-bond donors (Lipinski definition) is 4. The van der Waals surface area contributed by atoms with Crippen LogP contribution in [0.25, 0.3) is 0 Å². The summed E-state index contributed by atoms with van der Waals surface area (Å²) in [6.07, 6.45) is 0. The van der Waals surface area contributed by atoms with Crippen molar-refractivity contribution >= 4 is 23.9 Å². The highest BCUT2D eigenvalue weighted by atomic mass is 16.4. The fraction of sp³-hybridized carbons (Fsp3) is 0.261. The van der Waals surface area contributed by atoms with Crippen LogP contribution in [-0.4, -0.2) is 85.1 Å². The molecule has 0 aliphatic rings. The minimum absolute atomic E-state index is 0.283. The molecule has 2 aromatic rings. The lowest BCUT2D eigenvalue weighted by Crippen LogP contribution is -2.35. The van der Waals surface area contributed by atoms with Crippen LogP contribution in [0, 0.1) is 11.8 Å². The second kappa shape index (κ2) is 12.7. The molecule has 1 aromatic carbocycles. The first-order valence-corrected chi connectivity index (χ1v) is 8.82. The summed E-state index contributed by atoms with van der Waals surface area (Å²) in [6.45, 7) is -24.7. The summed E-state index contributed by atoms with van der Waals surface area (Å²) in [5.74, 6) is -5.35. The van der Waals surface area contributed by atoms with E-state index in [0.717, 1.165) is 0 Å². The van der Waals surface area contributed by atoms with Crippen molar-refractivity contribution in [3.63, 3.8) is 0 Å². The van der Waals surface area contributed by atoms with Crippen LogP contribution >= 0.6 is 0 Å². The quantitative estimate of drug-likeness (QED) is 0.310. The molecule has 0 bridgehead atoms. The Hall–Kier alpha value is -4.27. The SMILES string of the molecule is [2H]C([2H])(C(=O)O)N(C([2H])([2H])C(=O)O)C([2H])([2H])c1cc(C#Cc2ccccc2)cc(C([2H])([2H])N(C([2H])([2H])C(=O)O)C([2H])([2H])C(=O)O)n1. The molecule has 1 aromatic heterocycles. The Bertz CT molecular complexity index is 1470. The van der Waals surface area contributed by atoms with Gasteiger partial charge in [-0.1, -0.05) is 30.0 Å². The molecule has 0 unspecified atom stereocenters. The first kappa shape index (κ1) is 13.4. The molecule has 11 heteroatoms. The predicted octanol–water partition coefficient (Wildman–Crippen LogP) is 0.424. The van der Waals surface area contributed by atoms with Crippen molar-refractivity contribution in [3.8, 4) is 11.8 Å². The van der Waals surface area contributed by atoms with E-state index in [-0.39, 0.29) is 5.56 Å². The average Bonchev–Trinajstić information content (AvgIpc) is 2.91. The van der Waals surface area contributed by atoms with Crippen LogP contribution in [0.2, 0.25) is 0 Å². The average molecular weight is 482 g/mol. The number of nitrogens with zero attached hydrogens (tertiary/aromatic N) is 3. The van der Waals surface area contributed by atoms with Gasteiger partial charge in [-0.05, 0) is 24.3 Å². The molecule has 0 fully saturated rings. The minimum Gasteiger partial charge on any atom is -0.480 e. The first-order valence-electron chi connectivity index (χ1n) is 14.8. The highest BCUT2D eigenvalue weighted by molar-refractivity contribution is 5.73. The Morgan fingerprint density at radius 1 is 0.706 bits per heavy atom. The van der Waals surface area contributed by atoms with E-state index in [4.69, 9.17) is 16.4 Å². The minimum atomic E-state index is -4.17. The number of pyridine rings is 1. The summed E-state index contributed by atoms with van der Waals surface area (Å²) in [5, 5.41) is 37.7. The van der Waals surface area contributed by atoms with E-state index >= 15 is 0 Å². The van der Waals surface area contributed by atoms with Crippen LogP contribution < -0.4 is 0 Å². The molecular weight excluding hydrogens is 446 g/mol. The van der Waals surface area contributed by atoms with Gasteiger partial charge in [0.2, 0.25) is 0 Å². The van der Waals surface area contributed by atoms with Gasteiger partial charge in [-0.3, -0.25) is 34.0 Å². The van der Waals surface area contributed by atoms with Crippen LogP contribution in [0.15, 0.2) is 42.5 Å². The van der Waals surface area contributed by atoms with Gasteiger partial charge in [0.1, 0.15) is 0 Å². The van der Waals surface area contributed by atoms with Crippen molar-refractivity contribution in [1.82, 2.24) is 14.8 Å². The number of hydrogen-bond acceptors (Lipinski definition) is 7. The summed E-state index contributed by atoms with van der Waals surface area (Å²) in [7, 11) is 0. The van der Waals surface area contributed by atoms with Crippen molar-refractivity contribution in [2.45, 2.75) is 13.0 Å². The predicted molar refractivity (Wildman–Crippen MR) is 118 cm³/mol. The second-order valence-electron chi connectivity index (χ2n) is 5.80. The molecular formula is C23H23N3O8. The number of benzene rings is 1. The molecule has 0 aliphatic carbocycles. The highest BCUT2D eigenvalue weighted by Crippen LogP contribution is 2.12. The summed E-state index contributed by atoms with van der Waals surface area (Å²) < 4.78 is 96.6. The molecule has 0 spiro atoms. The normalized spacial score (nSPS) is 18.3. The smallest absolute Gasteiger partial charge is 0.317 e. The Kier molecular flexibility index (Phi) is 5.01. The van der Waals surface area contributed by atoms with Gasteiger partial charge < -0.3 is 20.4 Å². The number of carboxylic acids is 4. The van der Waals surface area contributed by atoms with Crippen molar-refractivity contribution in [3.05, 3.63) is 65.0 Å². The largest absolute Gasteiger partial charge is 0.480 e. The van der Waals surface area contributed by atoms with Gasteiger partial charge in [-0.2, -0.15) is 0 Å². The van der Waals surface area contributed by atoms with Gasteiger partial charge in [0.25, 0.3) is 0 Å². The van der Waals surface area contributed by atoms with E-state index in [0.29, 0.717) is 12.1 Å². The fourth-order valence-corrected chi connectivity index (χ4v) is 2.16. The highest BCUT2D eigenvalue weighted by Gasteiger charge is 2.18. The van der Waals surface area contributed by atoms with E-state index in [2.05, 4.69) is 16.8 Å². The Labute approximate surface area is 211 Å². The third-order valence-electron chi connectivity index (χ3n) is 3.23. The van der Waals surface area contributed by atoms with Crippen LogP contribution in [0.3, 0.4) is 0 Å². The zero-order valence-corrected chi connectivity index (χ0v) is 16.8. The molecule has 0 radical (unpaired) electrons. The number of aromatic nitrogens is 1. The maximum Gasteiger partial charge on any atom is 0.317 e. The molecule has 11 nitrogen and oxygen atoms in total. The van der Waals surface area contributed by atoms with E-state index in [1.807, 2.05) is 0 Å². The van der Waals surface area contributed by atoms with Crippen LogP contribution in [0.4, 0.5) is 0 Å². The van der Waals surface area contributed by atoms with Crippen LogP contribution in [-0.2, 0) is 32.2 Å². The molecule has 0 saturated carbocycles. The monoisotopic (exact) mass is 481 g/mol. The number of carbonyl (C=O) groups is 4. The van der Waals surface area contributed by atoms with E-state index in [9.17, 15) is 39.6 Å². The fourth-order valence-electron chi connectivity index (χ4n) is 2.16. The zero-order valence-electron chi connectivity index (χ0n) is 28.8. The summed E-state index contributed by atoms with van der Waals surface area (Å²) >= 11 is 0. The first-order chi connectivity index (χ1) is 20.7. The Morgan fingerprint density at radius 3 is 1.47 bits per heavy atom. The van der Waals surface area contributed by atoms with Crippen molar-refractivity contribution in [2.75, 3.05) is 26.0 Å². The second-order valence-corrected chi connectivity index (χ2v) is 5.80. The van der Waals surface area contributed by atoms with Crippen molar-refractivity contribution in [1.29, 1.82) is 0 Å². The Morgan fingerprint density at radius 2 is 1.09 bits per heavy atom. The number of rotatable bonds is 12. The molecule has 34 heavy (non-hydrogen) atoms. The van der Waals surface area contributed by atoms with E-state index in [1.54, 1.807) is 18.2 Å². The standard InChI is InChI=1S/C23H23N3O8/c27-20(28)12-25(13-21(29)30)10-18-8-17(7-6-16-4-2-1-3-5-16)9-19(24-18)11-26(14-22(31)32)15-23(33)34/h1-5,8-9H,10-15H2,(H,27,28)(H,29,30)(H,31,32)(H,33,34)/i10D2,11D2,12D2,13D2,14D2,15D2. The third-order valence-corrected chi connectivity index (χ3v) is 3.23. The molecule has 1 heterocycles. The molecule has 0 atom stereocenters. The van der Waals surface area contributed by atoms with Gasteiger partial charge in [0, 0.05) is 29.6 Å². The molecule has 0 aliphatic heterocycles. The van der Waals surface area contributed by atoms with Gasteiger partial charge in [0.05, 0.1) is 48.3 Å². The Balaban J connectivity index is 3.12. The van der Waals surface area contributed by atoms with Gasteiger partial charge in [0.15, 0.2) is 0 Å². The number of carboxylic acid groups (broad SMARTS) is 4. The van der Waals surface area contributed by atoms with E-state index < -0.39 is 89.6 Å². The molecule has 0 amide bonds. The van der Waals surface area contributed by atoms with Gasteiger partial charge in [-0.25, -0.2) is 0 Å². The molecule has 178 valence electrons. The topological polar surface area (TPSA) is 169 Å².